The van der Waals surface area contributed by atoms with Crippen LogP contribution in [-0.2, 0) is 13.1 Å². The highest BCUT2D eigenvalue weighted by molar-refractivity contribution is 5.96. The van der Waals surface area contributed by atoms with Gasteiger partial charge in [0, 0.05) is 24.2 Å². The summed E-state index contributed by atoms with van der Waals surface area (Å²) in [6, 6.07) is 11.6. The van der Waals surface area contributed by atoms with Crippen LogP contribution in [0.4, 0.5) is 0 Å². The number of amides is 1. The van der Waals surface area contributed by atoms with Crippen molar-refractivity contribution in [1.29, 1.82) is 0 Å². The lowest BCUT2D eigenvalue weighted by molar-refractivity contribution is 0.0950. The van der Waals surface area contributed by atoms with Gasteiger partial charge >= 0.3 is 0 Å². The van der Waals surface area contributed by atoms with Gasteiger partial charge in [-0.25, -0.2) is 0 Å². The molecule has 2 aromatic carbocycles. The number of carbonyl (C=O) groups excluding carboxylic acids is 1. The van der Waals surface area contributed by atoms with Gasteiger partial charge in [-0.3, -0.25) is 4.79 Å². The van der Waals surface area contributed by atoms with Crippen molar-refractivity contribution in [3.63, 3.8) is 0 Å². The van der Waals surface area contributed by atoms with Crippen molar-refractivity contribution in [1.82, 2.24) is 10.2 Å². The standard InChI is InChI=1S/C22H28N2O3/c1-6-9-16-12-19(13-20(26-4)21(16)27-5)22(25)23-14-17-10-7-8-11-18(17)15-24(2)3/h6-13H,14-15H2,1-5H3,(H,23,25). The van der Waals surface area contributed by atoms with E-state index in [-0.39, 0.29) is 5.91 Å². The summed E-state index contributed by atoms with van der Waals surface area (Å²) in [5.74, 6) is 0.996. The van der Waals surface area contributed by atoms with Crippen LogP contribution in [0, 0.1) is 0 Å². The van der Waals surface area contributed by atoms with E-state index < -0.39 is 0 Å². The average Bonchev–Trinajstić information content (AvgIpc) is 2.66. The molecule has 5 heteroatoms. The molecule has 0 heterocycles. The van der Waals surface area contributed by atoms with Crippen molar-refractivity contribution in [3.05, 3.63) is 64.7 Å². The Hall–Kier alpha value is -2.79. The first-order valence-corrected chi connectivity index (χ1v) is 8.88. The molecule has 0 saturated carbocycles. The van der Waals surface area contributed by atoms with Crippen molar-refractivity contribution in [2.75, 3.05) is 28.3 Å². The van der Waals surface area contributed by atoms with Gasteiger partial charge in [0.25, 0.3) is 5.91 Å². The van der Waals surface area contributed by atoms with Gasteiger partial charge in [-0.15, -0.1) is 0 Å². The smallest absolute Gasteiger partial charge is 0.251 e. The first-order chi connectivity index (χ1) is 13.0. The van der Waals surface area contributed by atoms with Gasteiger partial charge in [-0.2, -0.15) is 0 Å². The molecule has 0 atom stereocenters. The zero-order valence-electron chi connectivity index (χ0n) is 16.7. The third kappa shape index (κ3) is 5.34. The van der Waals surface area contributed by atoms with Gasteiger partial charge < -0.3 is 19.7 Å². The van der Waals surface area contributed by atoms with E-state index in [0.29, 0.717) is 23.6 Å². The molecule has 0 spiro atoms. The number of nitrogens with zero attached hydrogens (tertiary/aromatic N) is 1. The molecule has 1 amide bonds. The van der Waals surface area contributed by atoms with E-state index in [4.69, 9.17) is 9.47 Å². The first-order valence-electron chi connectivity index (χ1n) is 8.88. The predicted molar refractivity (Wildman–Crippen MR) is 109 cm³/mol. The van der Waals surface area contributed by atoms with Crippen LogP contribution in [0.1, 0.15) is 34.0 Å². The predicted octanol–water partition coefficient (Wildman–Crippen LogP) is 3.73. The summed E-state index contributed by atoms with van der Waals surface area (Å²) in [5.41, 5.74) is 3.64. The molecule has 0 fully saturated rings. The average molecular weight is 368 g/mol. The molecule has 0 saturated heterocycles. The van der Waals surface area contributed by atoms with Gasteiger partial charge in [0.15, 0.2) is 11.5 Å². The largest absolute Gasteiger partial charge is 0.493 e. The van der Waals surface area contributed by atoms with Crippen LogP contribution in [0.3, 0.4) is 0 Å². The van der Waals surface area contributed by atoms with Crippen molar-refractivity contribution in [2.45, 2.75) is 20.0 Å². The summed E-state index contributed by atoms with van der Waals surface area (Å²) in [4.78, 5) is 14.8. The number of nitrogens with one attached hydrogen (secondary N) is 1. The molecule has 0 unspecified atom stereocenters. The molecule has 0 aliphatic heterocycles. The maximum absolute atomic E-state index is 12.7. The second-order valence-corrected chi connectivity index (χ2v) is 6.49. The molecular weight excluding hydrogens is 340 g/mol. The molecule has 5 nitrogen and oxygen atoms in total. The topological polar surface area (TPSA) is 50.8 Å². The van der Waals surface area contributed by atoms with E-state index in [1.54, 1.807) is 20.3 Å². The van der Waals surface area contributed by atoms with Gasteiger partial charge in [0.2, 0.25) is 0 Å². The Morgan fingerprint density at radius 2 is 1.81 bits per heavy atom. The monoisotopic (exact) mass is 368 g/mol. The van der Waals surface area contributed by atoms with E-state index in [0.717, 1.165) is 17.7 Å². The van der Waals surface area contributed by atoms with Crippen LogP contribution in [0.25, 0.3) is 6.08 Å². The minimum atomic E-state index is -0.152. The molecule has 144 valence electrons. The Kier molecular flexibility index (Phi) is 7.44. The summed E-state index contributed by atoms with van der Waals surface area (Å²) in [6.07, 6.45) is 3.79. The number of ether oxygens (including phenoxy) is 2. The highest BCUT2D eigenvalue weighted by atomic mass is 16.5. The minimum absolute atomic E-state index is 0.152. The molecular formula is C22H28N2O3. The number of hydrogen-bond acceptors (Lipinski definition) is 4. The highest BCUT2D eigenvalue weighted by Gasteiger charge is 2.15. The van der Waals surface area contributed by atoms with Gasteiger partial charge in [0.1, 0.15) is 0 Å². The number of benzene rings is 2. The van der Waals surface area contributed by atoms with Crippen molar-refractivity contribution < 1.29 is 14.3 Å². The van der Waals surface area contributed by atoms with Crippen LogP contribution in [0.5, 0.6) is 11.5 Å². The number of allylic oxidation sites excluding steroid dienone is 1. The summed E-state index contributed by atoms with van der Waals surface area (Å²) in [6.45, 7) is 3.21. The summed E-state index contributed by atoms with van der Waals surface area (Å²) in [5, 5.41) is 3.01. The Bertz CT molecular complexity index is 813. The van der Waals surface area contributed by atoms with E-state index in [1.165, 1.54) is 5.56 Å². The van der Waals surface area contributed by atoms with Gasteiger partial charge in [0.05, 0.1) is 14.2 Å². The van der Waals surface area contributed by atoms with Crippen LogP contribution < -0.4 is 14.8 Å². The van der Waals surface area contributed by atoms with E-state index in [2.05, 4.69) is 16.3 Å². The van der Waals surface area contributed by atoms with Crippen molar-refractivity contribution >= 4 is 12.0 Å². The third-order valence-corrected chi connectivity index (χ3v) is 4.16. The van der Waals surface area contributed by atoms with Crippen LogP contribution in [0.2, 0.25) is 0 Å². The number of methoxy groups -OCH3 is 2. The summed E-state index contributed by atoms with van der Waals surface area (Å²) in [7, 11) is 7.21. The van der Waals surface area contributed by atoms with Crippen LogP contribution >= 0.6 is 0 Å². The quantitative estimate of drug-likeness (QED) is 0.771. The third-order valence-electron chi connectivity index (χ3n) is 4.16. The van der Waals surface area contributed by atoms with Crippen LogP contribution in [-0.4, -0.2) is 39.1 Å². The molecule has 0 aliphatic rings. The lowest BCUT2D eigenvalue weighted by Crippen LogP contribution is -2.24. The Morgan fingerprint density at radius 1 is 1.11 bits per heavy atom. The number of rotatable bonds is 8. The van der Waals surface area contributed by atoms with Crippen molar-refractivity contribution in [3.8, 4) is 11.5 Å². The molecule has 27 heavy (non-hydrogen) atoms. The number of hydrogen-bond donors (Lipinski definition) is 1. The fourth-order valence-corrected chi connectivity index (χ4v) is 2.93. The summed E-state index contributed by atoms with van der Waals surface area (Å²) >= 11 is 0. The SMILES string of the molecule is CC=Cc1cc(C(=O)NCc2ccccc2CN(C)C)cc(OC)c1OC. The second kappa shape index (κ2) is 9.78. The van der Waals surface area contributed by atoms with Crippen molar-refractivity contribution in [2.24, 2.45) is 0 Å². The van der Waals surface area contributed by atoms with E-state index >= 15 is 0 Å². The molecule has 1 N–H and O–H groups in total. The minimum Gasteiger partial charge on any atom is -0.493 e. The zero-order chi connectivity index (χ0) is 19.8. The maximum atomic E-state index is 12.7. The molecule has 0 radical (unpaired) electrons. The fraction of sp³-hybridized carbons (Fsp3) is 0.318. The Balaban J connectivity index is 2.23. The maximum Gasteiger partial charge on any atom is 0.251 e. The lowest BCUT2D eigenvalue weighted by Gasteiger charge is -2.16. The second-order valence-electron chi connectivity index (χ2n) is 6.49. The lowest BCUT2D eigenvalue weighted by atomic mass is 10.1. The Labute approximate surface area is 161 Å². The fourth-order valence-electron chi connectivity index (χ4n) is 2.93. The molecule has 0 aromatic heterocycles. The van der Waals surface area contributed by atoms with E-state index in [9.17, 15) is 4.79 Å². The van der Waals surface area contributed by atoms with Crippen LogP contribution in [0.15, 0.2) is 42.5 Å². The highest BCUT2D eigenvalue weighted by Crippen LogP contribution is 2.33. The number of carbonyl (C=O) groups is 1. The normalized spacial score (nSPS) is 11.0. The Morgan fingerprint density at radius 3 is 2.41 bits per heavy atom. The molecule has 0 bridgehead atoms. The van der Waals surface area contributed by atoms with E-state index in [1.807, 2.05) is 57.4 Å². The van der Waals surface area contributed by atoms with Gasteiger partial charge in [-0.1, -0.05) is 36.4 Å². The molecule has 2 rings (SSSR count). The summed E-state index contributed by atoms with van der Waals surface area (Å²) < 4.78 is 10.8. The zero-order valence-corrected chi connectivity index (χ0v) is 16.7. The first kappa shape index (κ1) is 20.5. The molecule has 2 aromatic rings. The van der Waals surface area contributed by atoms with Gasteiger partial charge in [-0.05, 0) is 44.3 Å². The molecule has 0 aliphatic carbocycles.